The summed E-state index contributed by atoms with van der Waals surface area (Å²) in [6, 6.07) is 14.1. The number of carbonyl (C=O) groups excluding carboxylic acids is 1. The van der Waals surface area contributed by atoms with Crippen LogP contribution in [0.5, 0.6) is 5.75 Å². The smallest absolute Gasteiger partial charge is 0.419 e. The van der Waals surface area contributed by atoms with Gasteiger partial charge in [0, 0.05) is 24.4 Å². The largest absolute Gasteiger partial charge is 0.497 e. The van der Waals surface area contributed by atoms with Gasteiger partial charge in [0.05, 0.1) is 24.7 Å². The van der Waals surface area contributed by atoms with E-state index in [4.69, 9.17) is 13.7 Å². The lowest BCUT2D eigenvalue weighted by molar-refractivity contribution is -0.115. The summed E-state index contributed by atoms with van der Waals surface area (Å²) in [4.78, 5) is 23.9. The van der Waals surface area contributed by atoms with Crippen LogP contribution in [0.1, 0.15) is 5.69 Å². The first-order chi connectivity index (χ1) is 13.5. The van der Waals surface area contributed by atoms with E-state index in [0.717, 1.165) is 5.56 Å². The van der Waals surface area contributed by atoms with Crippen molar-refractivity contribution in [3.8, 4) is 17.1 Å². The molecule has 142 valence electrons. The molecule has 0 aliphatic heterocycles. The van der Waals surface area contributed by atoms with E-state index in [1.54, 1.807) is 38.4 Å². The number of oxazole rings is 1. The monoisotopic (exact) mass is 379 g/mol. The highest BCUT2D eigenvalue weighted by Crippen LogP contribution is 2.25. The van der Waals surface area contributed by atoms with Crippen molar-refractivity contribution in [2.24, 2.45) is 7.05 Å². The second-order valence-electron chi connectivity index (χ2n) is 6.25. The van der Waals surface area contributed by atoms with Crippen molar-refractivity contribution in [1.82, 2.24) is 9.72 Å². The highest BCUT2D eigenvalue weighted by atomic mass is 16.5. The number of carbonyl (C=O) groups is 1. The molecule has 0 aliphatic rings. The topological polar surface area (TPSA) is 99.5 Å². The molecule has 0 spiro atoms. The number of rotatable bonds is 5. The number of aromatic nitrogens is 2. The average Bonchev–Trinajstić information content (AvgIpc) is 3.27. The molecule has 0 bridgehead atoms. The molecule has 4 rings (SSSR count). The molecule has 0 radical (unpaired) electrons. The molecular formula is C20H17N3O5. The number of hydrogen-bond donors (Lipinski definition) is 1. The lowest BCUT2D eigenvalue weighted by Gasteiger charge is -2.04. The maximum absolute atomic E-state index is 12.3. The fourth-order valence-corrected chi connectivity index (χ4v) is 2.88. The van der Waals surface area contributed by atoms with Gasteiger partial charge in [0.25, 0.3) is 0 Å². The summed E-state index contributed by atoms with van der Waals surface area (Å²) < 4.78 is 17.0. The third-order valence-corrected chi connectivity index (χ3v) is 4.33. The van der Waals surface area contributed by atoms with Gasteiger partial charge in [0.15, 0.2) is 11.3 Å². The molecule has 0 saturated heterocycles. The number of methoxy groups -OCH3 is 1. The number of aryl methyl sites for hydroxylation is 1. The van der Waals surface area contributed by atoms with Crippen molar-refractivity contribution in [1.29, 1.82) is 0 Å². The first-order valence-corrected chi connectivity index (χ1v) is 8.53. The van der Waals surface area contributed by atoms with E-state index in [-0.39, 0.29) is 12.3 Å². The van der Waals surface area contributed by atoms with E-state index in [0.29, 0.717) is 34.0 Å². The van der Waals surface area contributed by atoms with Crippen LogP contribution in [0.25, 0.3) is 22.4 Å². The van der Waals surface area contributed by atoms with Crippen molar-refractivity contribution in [3.63, 3.8) is 0 Å². The summed E-state index contributed by atoms with van der Waals surface area (Å²) in [5.41, 5.74) is 2.94. The number of fused-ring (bicyclic) bond motifs is 1. The molecule has 0 saturated carbocycles. The Morgan fingerprint density at radius 1 is 1.21 bits per heavy atom. The second kappa shape index (κ2) is 7.07. The van der Waals surface area contributed by atoms with Crippen LogP contribution < -0.4 is 15.8 Å². The molecule has 0 aliphatic carbocycles. The Morgan fingerprint density at radius 2 is 2.07 bits per heavy atom. The van der Waals surface area contributed by atoms with Crippen LogP contribution in [-0.4, -0.2) is 22.7 Å². The summed E-state index contributed by atoms with van der Waals surface area (Å²) in [6.07, 6.45) is 0.0514. The Morgan fingerprint density at radius 3 is 2.89 bits per heavy atom. The number of nitrogens with one attached hydrogen (secondary N) is 1. The number of benzene rings is 2. The van der Waals surface area contributed by atoms with E-state index in [9.17, 15) is 9.59 Å². The van der Waals surface area contributed by atoms with Crippen LogP contribution in [0.4, 0.5) is 5.69 Å². The average molecular weight is 379 g/mol. The number of amides is 1. The van der Waals surface area contributed by atoms with Gasteiger partial charge in [0.2, 0.25) is 5.91 Å². The van der Waals surface area contributed by atoms with Gasteiger partial charge in [-0.1, -0.05) is 17.3 Å². The summed E-state index contributed by atoms with van der Waals surface area (Å²) in [5.74, 6) is 0.554. The van der Waals surface area contributed by atoms with E-state index in [1.165, 1.54) is 4.57 Å². The van der Waals surface area contributed by atoms with Crippen LogP contribution in [0.3, 0.4) is 0 Å². The van der Waals surface area contributed by atoms with Gasteiger partial charge in [0.1, 0.15) is 5.75 Å². The molecule has 28 heavy (non-hydrogen) atoms. The Kier molecular flexibility index (Phi) is 4.44. The molecule has 8 nitrogen and oxygen atoms in total. The molecule has 4 aromatic rings. The number of nitrogens with zero attached hydrogens (tertiary/aromatic N) is 2. The van der Waals surface area contributed by atoms with Gasteiger partial charge in [-0.25, -0.2) is 4.79 Å². The van der Waals surface area contributed by atoms with Crippen LogP contribution in [0.2, 0.25) is 0 Å². The Labute approximate surface area is 159 Å². The van der Waals surface area contributed by atoms with Gasteiger partial charge in [-0.15, -0.1) is 0 Å². The molecule has 2 heterocycles. The van der Waals surface area contributed by atoms with Crippen molar-refractivity contribution in [2.75, 3.05) is 12.4 Å². The predicted octanol–water partition coefficient (Wildman–Crippen LogP) is 2.98. The molecule has 2 aromatic carbocycles. The van der Waals surface area contributed by atoms with Crippen LogP contribution >= 0.6 is 0 Å². The summed E-state index contributed by atoms with van der Waals surface area (Å²) in [5, 5.41) is 6.75. The zero-order chi connectivity index (χ0) is 19.7. The highest BCUT2D eigenvalue weighted by molar-refractivity contribution is 5.94. The lowest BCUT2D eigenvalue weighted by Crippen LogP contribution is -2.14. The maximum Gasteiger partial charge on any atom is 0.419 e. The minimum atomic E-state index is -0.453. The Hall–Kier alpha value is -3.81. The van der Waals surface area contributed by atoms with Gasteiger partial charge < -0.3 is 19.0 Å². The van der Waals surface area contributed by atoms with E-state index < -0.39 is 5.76 Å². The van der Waals surface area contributed by atoms with Gasteiger partial charge in [-0.2, -0.15) is 0 Å². The van der Waals surface area contributed by atoms with Crippen molar-refractivity contribution in [3.05, 3.63) is 64.8 Å². The van der Waals surface area contributed by atoms with Crippen LogP contribution in [0, 0.1) is 0 Å². The maximum atomic E-state index is 12.3. The van der Waals surface area contributed by atoms with Gasteiger partial charge in [-0.05, 0) is 30.3 Å². The van der Waals surface area contributed by atoms with Crippen molar-refractivity contribution in [2.45, 2.75) is 6.42 Å². The molecule has 0 atom stereocenters. The number of hydrogen-bond acceptors (Lipinski definition) is 6. The fraction of sp³-hybridized carbons (Fsp3) is 0.150. The summed E-state index contributed by atoms with van der Waals surface area (Å²) in [6.45, 7) is 0. The third kappa shape index (κ3) is 3.39. The molecule has 2 aromatic heterocycles. The second-order valence-corrected chi connectivity index (χ2v) is 6.25. The Balaban J connectivity index is 1.47. The zero-order valence-corrected chi connectivity index (χ0v) is 15.3. The molecule has 1 N–H and O–H groups in total. The number of anilines is 1. The van der Waals surface area contributed by atoms with Gasteiger partial charge in [-0.3, -0.25) is 9.36 Å². The fourth-order valence-electron chi connectivity index (χ4n) is 2.88. The normalized spacial score (nSPS) is 10.9. The molecule has 0 fully saturated rings. The highest BCUT2D eigenvalue weighted by Gasteiger charge is 2.13. The van der Waals surface area contributed by atoms with Gasteiger partial charge >= 0.3 is 5.76 Å². The quantitative estimate of drug-likeness (QED) is 0.572. The van der Waals surface area contributed by atoms with Crippen LogP contribution in [0.15, 0.2) is 62.3 Å². The minimum absolute atomic E-state index is 0.0514. The van der Waals surface area contributed by atoms with Crippen molar-refractivity contribution >= 4 is 22.7 Å². The third-order valence-electron chi connectivity index (χ3n) is 4.33. The van der Waals surface area contributed by atoms with Crippen LogP contribution in [-0.2, 0) is 18.3 Å². The molecule has 0 unspecified atom stereocenters. The molecule has 8 heteroatoms. The predicted molar refractivity (Wildman–Crippen MR) is 102 cm³/mol. The van der Waals surface area contributed by atoms with E-state index in [2.05, 4.69) is 10.5 Å². The van der Waals surface area contributed by atoms with E-state index in [1.807, 2.05) is 24.3 Å². The summed E-state index contributed by atoms with van der Waals surface area (Å²) >= 11 is 0. The number of ether oxygens (including phenoxy) is 1. The van der Waals surface area contributed by atoms with Crippen molar-refractivity contribution < 1.29 is 18.5 Å². The lowest BCUT2D eigenvalue weighted by atomic mass is 10.1. The first-order valence-electron chi connectivity index (χ1n) is 8.53. The molecule has 1 amide bonds. The first kappa shape index (κ1) is 17.6. The minimum Gasteiger partial charge on any atom is -0.497 e. The Bertz CT molecular complexity index is 1220. The standard InChI is InChI=1S/C20H17N3O5/c1-23-16-9-13(6-7-17(16)27-20(23)25)21-19(24)11-14-10-18(28-22-14)12-4-3-5-15(8-12)26-2/h3-10H,11H2,1-2H3,(H,21,24). The zero-order valence-electron chi connectivity index (χ0n) is 15.3. The van der Waals surface area contributed by atoms with E-state index >= 15 is 0 Å². The summed E-state index contributed by atoms with van der Waals surface area (Å²) in [7, 11) is 3.20. The molecular weight excluding hydrogens is 362 g/mol. The SMILES string of the molecule is COc1cccc(-c2cc(CC(=O)Nc3ccc4oc(=O)n(C)c4c3)no2)c1.